The number of nitrogens with zero attached hydrogens (tertiary/aromatic N) is 2. The number of esters is 1. The topological polar surface area (TPSA) is 78.7 Å². The summed E-state index contributed by atoms with van der Waals surface area (Å²) in [6, 6.07) is 7.43. The largest absolute Gasteiger partial charge is 0.462 e. The van der Waals surface area contributed by atoms with Crippen LogP contribution >= 0.6 is 7.60 Å². The van der Waals surface area contributed by atoms with Crippen molar-refractivity contribution in [1.29, 1.82) is 0 Å². The first-order chi connectivity index (χ1) is 14.1. The van der Waals surface area contributed by atoms with E-state index >= 15 is 0 Å². The van der Waals surface area contributed by atoms with Gasteiger partial charge in [0, 0.05) is 24.8 Å². The minimum atomic E-state index is -3.63. The van der Waals surface area contributed by atoms with E-state index in [0.717, 1.165) is 5.52 Å². The van der Waals surface area contributed by atoms with Gasteiger partial charge in [0.15, 0.2) is 5.78 Å². The molecule has 8 nitrogen and oxygen atoms in total. The van der Waals surface area contributed by atoms with Gasteiger partial charge in [0.25, 0.3) is 0 Å². The fourth-order valence-electron chi connectivity index (χ4n) is 3.66. The third-order valence-electron chi connectivity index (χ3n) is 4.77. The average Bonchev–Trinajstić information content (AvgIpc) is 3.09. The predicted molar refractivity (Wildman–Crippen MR) is 109 cm³/mol. The van der Waals surface area contributed by atoms with Gasteiger partial charge in [-0.25, -0.2) is 4.79 Å². The van der Waals surface area contributed by atoms with Crippen LogP contribution in [0.15, 0.2) is 30.5 Å². The van der Waals surface area contributed by atoms with E-state index in [9.17, 15) is 9.36 Å². The van der Waals surface area contributed by atoms with E-state index in [1.165, 1.54) is 0 Å². The van der Waals surface area contributed by atoms with Gasteiger partial charge in [-0.1, -0.05) is 6.07 Å². The van der Waals surface area contributed by atoms with Crippen molar-refractivity contribution < 1.29 is 27.9 Å². The SMILES string of the molecule is CCOC(=O)c1cc2ccccn2c1C(N1CCOCC1)P(=O)(OCC)OCC. The molecule has 3 rings (SSSR count). The average molecular weight is 424 g/mol. The van der Waals surface area contributed by atoms with Crippen LogP contribution in [0.2, 0.25) is 0 Å². The van der Waals surface area contributed by atoms with Gasteiger partial charge in [-0.3, -0.25) is 9.46 Å². The molecule has 1 unspecified atom stereocenters. The molecular formula is C20H29N2O6P. The molecule has 3 heterocycles. The van der Waals surface area contributed by atoms with Crippen LogP contribution in [0.3, 0.4) is 0 Å². The Kier molecular flexibility index (Phi) is 7.49. The lowest BCUT2D eigenvalue weighted by Gasteiger charge is -2.37. The first-order valence-corrected chi connectivity index (χ1v) is 11.6. The fraction of sp³-hybridized carbons (Fsp3) is 0.550. The van der Waals surface area contributed by atoms with Crippen molar-refractivity contribution in [1.82, 2.24) is 9.30 Å². The Morgan fingerprint density at radius 1 is 1.14 bits per heavy atom. The number of aromatic nitrogens is 1. The number of ether oxygens (including phenoxy) is 2. The van der Waals surface area contributed by atoms with E-state index < -0.39 is 19.3 Å². The molecule has 0 saturated carbocycles. The van der Waals surface area contributed by atoms with Crippen LogP contribution in [0, 0.1) is 0 Å². The van der Waals surface area contributed by atoms with Crippen molar-refractivity contribution >= 4 is 19.1 Å². The Labute approximate surface area is 171 Å². The number of fused-ring (bicyclic) bond motifs is 1. The van der Waals surface area contributed by atoms with Crippen LogP contribution in [0.5, 0.6) is 0 Å². The molecule has 1 aliphatic heterocycles. The molecule has 0 bridgehead atoms. The van der Waals surface area contributed by atoms with Crippen molar-refractivity contribution in [2.24, 2.45) is 0 Å². The number of carbonyl (C=O) groups is 1. The van der Waals surface area contributed by atoms with Gasteiger partial charge in [0.1, 0.15) is 0 Å². The standard InChI is InChI=1S/C20H29N2O6P/c1-4-26-20(23)17-15-16-9-7-8-10-22(16)18(17)19(21-11-13-25-14-12-21)29(24,27-5-2)28-6-3/h7-10,15,19H,4-6,11-14H2,1-3H3. The molecule has 29 heavy (non-hydrogen) atoms. The number of hydrogen-bond donors (Lipinski definition) is 0. The van der Waals surface area contributed by atoms with Gasteiger partial charge in [-0.15, -0.1) is 0 Å². The first-order valence-electron chi connectivity index (χ1n) is 10.0. The predicted octanol–water partition coefficient (Wildman–Crippen LogP) is 3.71. The lowest BCUT2D eigenvalue weighted by atomic mass is 10.2. The van der Waals surface area contributed by atoms with E-state index in [1.807, 2.05) is 33.7 Å². The lowest BCUT2D eigenvalue weighted by Crippen LogP contribution is -2.40. The van der Waals surface area contributed by atoms with Gasteiger partial charge in [0.05, 0.1) is 44.3 Å². The molecule has 9 heteroatoms. The minimum absolute atomic E-state index is 0.232. The quantitative estimate of drug-likeness (QED) is 0.448. The maximum absolute atomic E-state index is 14.0. The Bertz CT molecular complexity index is 867. The molecule has 0 aliphatic carbocycles. The van der Waals surface area contributed by atoms with E-state index in [1.54, 1.807) is 26.8 Å². The minimum Gasteiger partial charge on any atom is -0.462 e. The lowest BCUT2D eigenvalue weighted by molar-refractivity contribution is 0.0224. The molecule has 0 amide bonds. The number of pyridine rings is 1. The molecule has 0 N–H and O–H groups in total. The van der Waals surface area contributed by atoms with Gasteiger partial charge >= 0.3 is 13.6 Å². The molecule has 1 fully saturated rings. The smallest absolute Gasteiger partial charge is 0.353 e. The number of rotatable bonds is 9. The zero-order chi connectivity index (χ0) is 20.9. The van der Waals surface area contributed by atoms with Crippen LogP contribution < -0.4 is 0 Å². The zero-order valence-corrected chi connectivity index (χ0v) is 18.1. The monoisotopic (exact) mass is 424 g/mol. The van der Waals surface area contributed by atoms with Crippen molar-refractivity contribution in [2.75, 3.05) is 46.1 Å². The van der Waals surface area contributed by atoms with Gasteiger partial charge in [-0.05, 0) is 39.0 Å². The van der Waals surface area contributed by atoms with Crippen LogP contribution in [0.4, 0.5) is 0 Å². The summed E-state index contributed by atoms with van der Waals surface area (Å²) in [6.45, 7) is 8.16. The maximum Gasteiger partial charge on any atom is 0.353 e. The molecule has 0 radical (unpaired) electrons. The van der Waals surface area contributed by atoms with E-state index in [4.69, 9.17) is 18.5 Å². The first kappa shape index (κ1) is 22.0. The summed E-state index contributed by atoms with van der Waals surface area (Å²) in [5, 5.41) is 0. The highest BCUT2D eigenvalue weighted by Gasteiger charge is 2.45. The summed E-state index contributed by atoms with van der Waals surface area (Å²) in [4.78, 5) is 14.8. The second-order valence-corrected chi connectivity index (χ2v) is 8.64. The molecule has 160 valence electrons. The maximum atomic E-state index is 14.0. The van der Waals surface area contributed by atoms with Crippen molar-refractivity contribution in [3.8, 4) is 0 Å². The molecule has 1 saturated heterocycles. The number of carbonyl (C=O) groups excluding carboxylic acids is 1. The van der Waals surface area contributed by atoms with Crippen molar-refractivity contribution in [3.63, 3.8) is 0 Å². The molecule has 1 atom stereocenters. The third-order valence-corrected chi connectivity index (χ3v) is 7.17. The second kappa shape index (κ2) is 9.87. The number of hydrogen-bond acceptors (Lipinski definition) is 7. The van der Waals surface area contributed by atoms with Gasteiger partial charge in [-0.2, -0.15) is 0 Å². The Hall–Kier alpha value is -1.70. The molecular weight excluding hydrogens is 395 g/mol. The summed E-state index contributed by atoms with van der Waals surface area (Å²) >= 11 is 0. The fourth-order valence-corrected chi connectivity index (χ4v) is 5.93. The summed E-state index contributed by atoms with van der Waals surface area (Å²) in [5.74, 6) is -1.21. The molecule has 0 aromatic carbocycles. The van der Waals surface area contributed by atoms with Gasteiger partial charge < -0.3 is 22.9 Å². The summed E-state index contributed by atoms with van der Waals surface area (Å²) in [7, 11) is -3.63. The van der Waals surface area contributed by atoms with Crippen molar-refractivity contribution in [2.45, 2.75) is 26.6 Å². The Morgan fingerprint density at radius 3 is 2.45 bits per heavy atom. The summed E-state index contributed by atoms with van der Waals surface area (Å²) in [5.41, 5.74) is 1.74. The molecule has 2 aromatic heterocycles. The van der Waals surface area contributed by atoms with Crippen LogP contribution in [0.1, 0.15) is 42.6 Å². The molecule has 0 spiro atoms. The Morgan fingerprint density at radius 2 is 1.83 bits per heavy atom. The normalized spacial score (nSPS) is 16.8. The van der Waals surface area contributed by atoms with Crippen LogP contribution in [0.25, 0.3) is 5.52 Å². The third kappa shape index (κ3) is 4.57. The van der Waals surface area contributed by atoms with Crippen LogP contribution in [-0.4, -0.2) is 61.4 Å². The summed E-state index contributed by atoms with van der Waals surface area (Å²) in [6.07, 6.45) is 1.85. The van der Waals surface area contributed by atoms with E-state index in [0.29, 0.717) is 37.6 Å². The molecule has 1 aliphatic rings. The second-order valence-electron chi connectivity index (χ2n) is 6.56. The highest BCUT2D eigenvalue weighted by Crippen LogP contribution is 2.63. The van der Waals surface area contributed by atoms with E-state index in [2.05, 4.69) is 0 Å². The van der Waals surface area contributed by atoms with Gasteiger partial charge in [0.2, 0.25) is 0 Å². The highest BCUT2D eigenvalue weighted by atomic mass is 31.2. The zero-order valence-electron chi connectivity index (χ0n) is 17.2. The van der Waals surface area contributed by atoms with Crippen LogP contribution in [-0.2, 0) is 23.1 Å². The molecule has 2 aromatic rings. The van der Waals surface area contributed by atoms with E-state index in [-0.39, 0.29) is 19.8 Å². The number of morpholine rings is 1. The van der Waals surface area contributed by atoms with Crippen molar-refractivity contribution in [3.05, 3.63) is 41.7 Å². The summed E-state index contributed by atoms with van der Waals surface area (Å²) < 4.78 is 38.1. The Balaban J connectivity index is 2.23. The highest BCUT2D eigenvalue weighted by molar-refractivity contribution is 7.54.